The van der Waals surface area contributed by atoms with Crippen LogP contribution in [0.15, 0.2) is 0 Å². The van der Waals surface area contributed by atoms with Gasteiger partial charge in [0.15, 0.2) is 0 Å². The smallest absolute Gasteiger partial charge is 0.402 e. The number of rotatable bonds is 0. The maximum absolute atomic E-state index is 8.78. The third kappa shape index (κ3) is 380. The Kier molecular flexibility index (Phi) is 69.9. The van der Waals surface area contributed by atoms with Crippen molar-refractivity contribution in [3.63, 3.8) is 0 Å². The second-order valence-corrected chi connectivity index (χ2v) is 2.71. The van der Waals surface area contributed by atoms with Gasteiger partial charge in [0.1, 0.15) is 0 Å². The molecular weight excluding hydrogens is 464 g/mol. The Morgan fingerprint density at radius 1 is 0.250 bits per heavy atom. The third-order valence-corrected chi connectivity index (χ3v) is 0. The summed E-state index contributed by atoms with van der Waals surface area (Å²) < 4.78 is 0. The van der Waals surface area contributed by atoms with Crippen molar-refractivity contribution in [3.05, 3.63) is 0 Å². The van der Waals surface area contributed by atoms with Crippen LogP contribution in [0, 0.1) is 0 Å². The molecule has 0 aliphatic carbocycles. The zero-order chi connectivity index (χ0) is 28.6. The molecule has 0 aromatic rings. The minimum Gasteiger partial charge on any atom is -0.465 e. The maximum Gasteiger partial charge on any atom is 0.402 e. The normalized spacial score (nSPS) is 6.00. The Morgan fingerprint density at radius 3 is 0.250 bits per heavy atom. The average Bonchev–Trinajstić information content (AvgIpc) is 2.30. The average molecular weight is 488 g/mol. The molecule has 0 heterocycles. The first-order chi connectivity index (χ1) is 13.9. The zero-order valence-corrected chi connectivity index (χ0v) is 15.5. The summed E-state index contributed by atoms with van der Waals surface area (Å²) in [5, 5.41) is 57.6. The Balaban J connectivity index is -0.0000000343. The van der Waals surface area contributed by atoms with E-state index in [9.17, 15) is 0 Å². The van der Waals surface area contributed by atoms with E-state index < -0.39 is 48.7 Å². The summed E-state index contributed by atoms with van der Waals surface area (Å²) in [6.07, 6.45) is -10.7. The lowest BCUT2D eigenvalue weighted by Crippen LogP contribution is -2.03. The molecule has 0 aromatic carbocycles. The fourth-order valence-electron chi connectivity index (χ4n) is 0. The predicted molar refractivity (Wildman–Crippen MR) is 97.7 cm³/mol. The van der Waals surface area contributed by atoms with Crippen LogP contribution in [-0.4, -0.2) is 89.6 Å². The van der Waals surface area contributed by atoms with Crippen molar-refractivity contribution in [2.75, 3.05) is 0 Å². The molecule has 0 aliphatic heterocycles. The molecule has 0 atom stereocenters. The molecule has 0 spiro atoms. The Bertz CT molecular complexity index is 376. The molecule has 8 amide bonds. The fourth-order valence-corrected chi connectivity index (χ4v) is 0. The summed E-state index contributed by atoms with van der Waals surface area (Å²) in [7, 11) is 0. The molecular formula is C8H24N8O16. The highest BCUT2D eigenvalue weighted by atomic mass is 16.4. The minimum absolute atomic E-state index is 1.33. The third-order valence-electron chi connectivity index (χ3n) is 0. The van der Waals surface area contributed by atoms with E-state index in [1.165, 1.54) is 0 Å². The summed E-state index contributed by atoms with van der Waals surface area (Å²) in [6.45, 7) is 0. The topological polar surface area (TPSA) is 507 Å². The minimum atomic E-state index is -1.33. The highest BCUT2D eigenvalue weighted by Crippen LogP contribution is 1.37. The van der Waals surface area contributed by atoms with E-state index in [1.54, 1.807) is 0 Å². The molecule has 0 unspecified atom stereocenters. The molecule has 0 bridgehead atoms. The molecule has 24 nitrogen and oxygen atoms in total. The van der Waals surface area contributed by atoms with E-state index in [0.717, 1.165) is 0 Å². The summed E-state index contributed by atoms with van der Waals surface area (Å²) in [6, 6.07) is 0. The second kappa shape index (κ2) is 44.5. The SMILES string of the molecule is NC(=O)O.NC(=O)O.NC(=O)O.NC(=O)O.NC(=O)O.NC(=O)O.NC(=O)O.NC(=O)O. The highest BCUT2D eigenvalue weighted by molar-refractivity contribution is 5.63. The fraction of sp³-hybridized carbons (Fsp3) is 0. The summed E-state index contributed by atoms with van der Waals surface area (Å²) in [4.78, 5) is 70.2. The molecule has 24 N–H and O–H groups in total. The van der Waals surface area contributed by atoms with Crippen LogP contribution in [0.1, 0.15) is 0 Å². The number of hydrogen-bond donors (Lipinski definition) is 16. The summed E-state index contributed by atoms with van der Waals surface area (Å²) in [5.41, 5.74) is 32.2. The molecule has 192 valence electrons. The van der Waals surface area contributed by atoms with Crippen LogP contribution in [0.5, 0.6) is 0 Å². The number of amides is 8. The number of carbonyl (C=O) groups is 8. The lowest BCUT2D eigenvalue weighted by molar-refractivity contribution is 0.204. The predicted octanol–water partition coefficient (Wildman–Crippen LogP) is -3.02. The lowest BCUT2D eigenvalue weighted by Gasteiger charge is -1.61. The molecule has 24 heteroatoms. The molecule has 32 heavy (non-hydrogen) atoms. The number of primary amides is 8. The first kappa shape index (κ1) is 50.2. The van der Waals surface area contributed by atoms with Crippen LogP contribution >= 0.6 is 0 Å². The van der Waals surface area contributed by atoms with Gasteiger partial charge < -0.3 is 86.7 Å². The lowest BCUT2D eigenvalue weighted by atomic mass is 11.3. The monoisotopic (exact) mass is 488 g/mol. The van der Waals surface area contributed by atoms with Crippen molar-refractivity contribution in [1.82, 2.24) is 0 Å². The van der Waals surface area contributed by atoms with Gasteiger partial charge in [0.2, 0.25) is 0 Å². The molecule has 0 rings (SSSR count). The van der Waals surface area contributed by atoms with E-state index in [-0.39, 0.29) is 0 Å². The second-order valence-electron chi connectivity index (χ2n) is 2.71. The van der Waals surface area contributed by atoms with Crippen LogP contribution < -0.4 is 45.9 Å². The van der Waals surface area contributed by atoms with Gasteiger partial charge in [0.25, 0.3) is 0 Å². The van der Waals surface area contributed by atoms with Gasteiger partial charge in [0, 0.05) is 0 Å². The van der Waals surface area contributed by atoms with Crippen LogP contribution in [0.25, 0.3) is 0 Å². The van der Waals surface area contributed by atoms with Gasteiger partial charge in [0.05, 0.1) is 0 Å². The largest absolute Gasteiger partial charge is 0.465 e. The van der Waals surface area contributed by atoms with Gasteiger partial charge in [-0.05, 0) is 0 Å². The first-order valence-electron chi connectivity index (χ1n) is 5.73. The van der Waals surface area contributed by atoms with Gasteiger partial charge in [-0.25, -0.2) is 38.4 Å². The number of carboxylic acid groups (broad SMARTS) is 8. The Hall–Kier alpha value is -5.84. The van der Waals surface area contributed by atoms with Crippen molar-refractivity contribution < 1.29 is 79.2 Å². The molecule has 0 aromatic heterocycles. The zero-order valence-electron chi connectivity index (χ0n) is 15.5. The van der Waals surface area contributed by atoms with Gasteiger partial charge in [-0.1, -0.05) is 0 Å². The van der Waals surface area contributed by atoms with Crippen molar-refractivity contribution in [3.8, 4) is 0 Å². The van der Waals surface area contributed by atoms with E-state index in [4.69, 9.17) is 79.2 Å². The van der Waals surface area contributed by atoms with Gasteiger partial charge in [-0.2, -0.15) is 0 Å². The van der Waals surface area contributed by atoms with Crippen molar-refractivity contribution in [1.29, 1.82) is 0 Å². The first-order valence-corrected chi connectivity index (χ1v) is 5.73. The standard InChI is InChI=1S/8CH3NO2/c8*2-1(3)4/h8*2H2,(H,3,4). The van der Waals surface area contributed by atoms with Crippen molar-refractivity contribution in [2.45, 2.75) is 0 Å². The molecule has 0 aliphatic rings. The number of nitrogens with two attached hydrogens (primary N) is 8. The van der Waals surface area contributed by atoms with E-state index >= 15 is 0 Å². The Labute approximate surface area is 175 Å². The molecule has 0 fully saturated rings. The van der Waals surface area contributed by atoms with E-state index in [0.29, 0.717) is 0 Å². The summed E-state index contributed by atoms with van der Waals surface area (Å²) in [5.74, 6) is 0. The van der Waals surface area contributed by atoms with Gasteiger partial charge in [-0.15, -0.1) is 0 Å². The summed E-state index contributed by atoms with van der Waals surface area (Å²) >= 11 is 0. The van der Waals surface area contributed by atoms with Gasteiger partial charge >= 0.3 is 48.7 Å². The van der Waals surface area contributed by atoms with Crippen molar-refractivity contribution in [2.24, 2.45) is 45.9 Å². The van der Waals surface area contributed by atoms with Gasteiger partial charge in [-0.3, -0.25) is 0 Å². The van der Waals surface area contributed by atoms with Crippen LogP contribution in [0.4, 0.5) is 38.4 Å². The van der Waals surface area contributed by atoms with E-state index in [1.807, 2.05) is 0 Å². The van der Waals surface area contributed by atoms with Crippen LogP contribution in [0.2, 0.25) is 0 Å². The molecule has 0 saturated carbocycles. The van der Waals surface area contributed by atoms with Crippen molar-refractivity contribution >= 4 is 48.7 Å². The van der Waals surface area contributed by atoms with Crippen LogP contribution in [-0.2, 0) is 0 Å². The van der Waals surface area contributed by atoms with E-state index in [2.05, 4.69) is 45.9 Å². The number of hydrogen-bond acceptors (Lipinski definition) is 8. The maximum atomic E-state index is 8.78. The molecule has 0 radical (unpaired) electrons. The Morgan fingerprint density at radius 2 is 0.250 bits per heavy atom. The quantitative estimate of drug-likeness (QED) is 0.161. The van der Waals surface area contributed by atoms with Crippen LogP contribution in [0.3, 0.4) is 0 Å². The highest BCUT2D eigenvalue weighted by Gasteiger charge is 1.67. The molecule has 0 saturated heterocycles.